The Kier molecular flexibility index (Phi) is 6.21. The smallest absolute Gasteiger partial charge is 0.260 e. The van der Waals surface area contributed by atoms with Crippen LogP contribution in [0.5, 0.6) is 5.75 Å². The Bertz CT molecular complexity index is 1020. The van der Waals surface area contributed by atoms with Crippen molar-refractivity contribution >= 4 is 11.6 Å². The number of carbonyl (C=O) groups is 1. The summed E-state index contributed by atoms with van der Waals surface area (Å²) in [6, 6.07) is 15.7. The lowest BCUT2D eigenvalue weighted by Crippen LogP contribution is -2.50. The fourth-order valence-corrected chi connectivity index (χ4v) is 3.63. The summed E-state index contributed by atoms with van der Waals surface area (Å²) in [5, 5.41) is 3.98. The van der Waals surface area contributed by atoms with E-state index in [9.17, 15) is 4.79 Å². The summed E-state index contributed by atoms with van der Waals surface area (Å²) in [6.07, 6.45) is 0. The Labute approximate surface area is 182 Å². The number of piperazine rings is 1. The van der Waals surface area contributed by atoms with Gasteiger partial charge in [0.15, 0.2) is 12.4 Å². The van der Waals surface area contributed by atoms with Crippen molar-refractivity contribution in [1.29, 1.82) is 0 Å². The van der Waals surface area contributed by atoms with E-state index in [-0.39, 0.29) is 18.4 Å². The number of rotatable bonds is 6. The van der Waals surface area contributed by atoms with Gasteiger partial charge in [0, 0.05) is 43.3 Å². The summed E-state index contributed by atoms with van der Waals surface area (Å²) >= 11 is 0. The summed E-state index contributed by atoms with van der Waals surface area (Å²) < 4.78 is 11.0. The molecule has 1 aliphatic rings. The first-order chi connectivity index (χ1) is 15.0. The van der Waals surface area contributed by atoms with Gasteiger partial charge in [0.05, 0.1) is 0 Å². The van der Waals surface area contributed by atoms with E-state index in [0.29, 0.717) is 30.6 Å². The van der Waals surface area contributed by atoms with Crippen LogP contribution < -0.4 is 9.64 Å². The molecule has 4 rings (SSSR count). The van der Waals surface area contributed by atoms with Crippen LogP contribution in [0.1, 0.15) is 31.2 Å². The molecule has 1 fully saturated rings. The lowest BCUT2D eigenvalue weighted by molar-refractivity contribution is -0.133. The summed E-state index contributed by atoms with van der Waals surface area (Å²) in [7, 11) is 0. The third-order valence-electron chi connectivity index (χ3n) is 5.51. The molecule has 2 aromatic carbocycles. The van der Waals surface area contributed by atoms with Gasteiger partial charge in [-0.05, 0) is 42.8 Å². The number of hydrogen-bond acceptors (Lipinski definition) is 6. The summed E-state index contributed by atoms with van der Waals surface area (Å²) in [6.45, 7) is 9.24. The van der Waals surface area contributed by atoms with E-state index in [1.54, 1.807) is 0 Å². The van der Waals surface area contributed by atoms with E-state index in [0.717, 1.165) is 18.7 Å². The molecule has 31 heavy (non-hydrogen) atoms. The normalized spacial score (nSPS) is 14.2. The van der Waals surface area contributed by atoms with Gasteiger partial charge in [-0.3, -0.25) is 4.79 Å². The first-order valence-corrected chi connectivity index (χ1v) is 10.7. The molecule has 7 nitrogen and oxygen atoms in total. The second-order valence-corrected chi connectivity index (χ2v) is 8.08. The zero-order valence-corrected chi connectivity index (χ0v) is 18.2. The first kappa shape index (κ1) is 20.9. The van der Waals surface area contributed by atoms with Crippen LogP contribution >= 0.6 is 0 Å². The summed E-state index contributed by atoms with van der Waals surface area (Å²) in [5.41, 5.74) is 3.33. The van der Waals surface area contributed by atoms with Crippen molar-refractivity contribution in [2.45, 2.75) is 26.7 Å². The average Bonchev–Trinajstić information content (AvgIpc) is 3.29. The quantitative estimate of drug-likeness (QED) is 0.602. The van der Waals surface area contributed by atoms with Crippen molar-refractivity contribution in [1.82, 2.24) is 15.0 Å². The van der Waals surface area contributed by atoms with Crippen LogP contribution in [0.3, 0.4) is 0 Å². The van der Waals surface area contributed by atoms with E-state index in [2.05, 4.69) is 40.2 Å². The van der Waals surface area contributed by atoms with Gasteiger partial charge < -0.3 is 19.1 Å². The minimum absolute atomic E-state index is 0.00647. The van der Waals surface area contributed by atoms with E-state index < -0.39 is 0 Å². The molecule has 0 atom stereocenters. The molecule has 2 heterocycles. The van der Waals surface area contributed by atoms with Gasteiger partial charge in [-0.25, -0.2) is 0 Å². The zero-order valence-electron chi connectivity index (χ0n) is 18.2. The third-order valence-corrected chi connectivity index (χ3v) is 5.51. The molecule has 0 N–H and O–H groups in total. The predicted octanol–water partition coefficient (Wildman–Crippen LogP) is 3.90. The van der Waals surface area contributed by atoms with Crippen molar-refractivity contribution in [3.05, 3.63) is 59.9 Å². The summed E-state index contributed by atoms with van der Waals surface area (Å²) in [5.74, 6) is 2.03. The Hall–Kier alpha value is -3.35. The molecule has 1 saturated heterocycles. The highest BCUT2D eigenvalue weighted by atomic mass is 16.5. The van der Waals surface area contributed by atoms with E-state index in [4.69, 9.17) is 9.26 Å². The van der Waals surface area contributed by atoms with Crippen LogP contribution in [-0.2, 0) is 4.79 Å². The maximum Gasteiger partial charge on any atom is 0.260 e. The number of aryl methyl sites for hydroxylation is 1. The highest BCUT2D eigenvalue weighted by molar-refractivity contribution is 5.78. The number of anilines is 1. The minimum atomic E-state index is 0.00647. The van der Waals surface area contributed by atoms with Crippen LogP contribution in [-0.4, -0.2) is 53.7 Å². The summed E-state index contributed by atoms with van der Waals surface area (Å²) in [4.78, 5) is 21.2. The Balaban J connectivity index is 1.27. The van der Waals surface area contributed by atoms with Crippen LogP contribution in [0, 0.1) is 6.92 Å². The van der Waals surface area contributed by atoms with Crippen LogP contribution in [0.4, 0.5) is 5.69 Å². The van der Waals surface area contributed by atoms with Crippen molar-refractivity contribution < 1.29 is 14.1 Å². The van der Waals surface area contributed by atoms with Gasteiger partial charge in [0.1, 0.15) is 5.75 Å². The number of benzene rings is 2. The average molecular weight is 421 g/mol. The lowest BCUT2D eigenvalue weighted by Gasteiger charge is -2.36. The number of amides is 1. The number of aromatic nitrogens is 2. The Morgan fingerprint density at radius 1 is 1.06 bits per heavy atom. The molecule has 0 unspecified atom stereocenters. The van der Waals surface area contributed by atoms with Gasteiger partial charge >= 0.3 is 0 Å². The molecule has 0 spiro atoms. The monoisotopic (exact) mass is 420 g/mol. The van der Waals surface area contributed by atoms with Crippen LogP contribution in [0.25, 0.3) is 11.5 Å². The van der Waals surface area contributed by atoms with E-state index >= 15 is 0 Å². The van der Waals surface area contributed by atoms with E-state index in [1.807, 2.05) is 49.1 Å². The second-order valence-electron chi connectivity index (χ2n) is 8.08. The first-order valence-electron chi connectivity index (χ1n) is 10.7. The molecule has 1 amide bonds. The molecular weight excluding hydrogens is 392 g/mol. The Morgan fingerprint density at radius 3 is 2.42 bits per heavy atom. The number of carbonyl (C=O) groups excluding carboxylic acids is 1. The van der Waals surface area contributed by atoms with Gasteiger partial charge in [-0.1, -0.05) is 37.2 Å². The standard InChI is InChI=1S/C24H28N4O3/c1-17(2)23-25-24(31-26-23)19-8-10-20(11-9-19)30-16-22(29)28-14-12-27(13-15-28)21-7-5-4-6-18(21)3/h4-11,17H,12-16H2,1-3H3. The van der Waals surface area contributed by atoms with Crippen molar-refractivity contribution in [2.75, 3.05) is 37.7 Å². The Morgan fingerprint density at radius 2 is 1.77 bits per heavy atom. The molecule has 0 saturated carbocycles. The maximum atomic E-state index is 12.6. The minimum Gasteiger partial charge on any atom is -0.484 e. The number of hydrogen-bond donors (Lipinski definition) is 0. The van der Waals surface area contributed by atoms with Gasteiger partial charge in [-0.2, -0.15) is 4.98 Å². The van der Waals surface area contributed by atoms with Crippen molar-refractivity contribution in [3.63, 3.8) is 0 Å². The van der Waals surface area contributed by atoms with Crippen molar-refractivity contribution in [3.8, 4) is 17.2 Å². The molecule has 0 radical (unpaired) electrons. The van der Waals surface area contributed by atoms with Gasteiger partial charge in [0.2, 0.25) is 0 Å². The maximum absolute atomic E-state index is 12.6. The number of nitrogens with zero attached hydrogens (tertiary/aromatic N) is 4. The predicted molar refractivity (Wildman–Crippen MR) is 119 cm³/mol. The fourth-order valence-electron chi connectivity index (χ4n) is 3.63. The van der Waals surface area contributed by atoms with Crippen molar-refractivity contribution in [2.24, 2.45) is 0 Å². The largest absolute Gasteiger partial charge is 0.484 e. The van der Waals surface area contributed by atoms with E-state index in [1.165, 1.54) is 11.3 Å². The topological polar surface area (TPSA) is 71.7 Å². The molecule has 0 aliphatic carbocycles. The number of para-hydroxylation sites is 1. The van der Waals surface area contributed by atoms with Gasteiger partial charge in [-0.15, -0.1) is 0 Å². The molecule has 1 aliphatic heterocycles. The van der Waals surface area contributed by atoms with Crippen LogP contribution in [0.15, 0.2) is 53.1 Å². The highest BCUT2D eigenvalue weighted by Gasteiger charge is 2.22. The zero-order chi connectivity index (χ0) is 21.8. The highest BCUT2D eigenvalue weighted by Crippen LogP contribution is 2.23. The molecular formula is C24H28N4O3. The molecule has 162 valence electrons. The SMILES string of the molecule is Cc1ccccc1N1CCN(C(=O)COc2ccc(-c3nc(C(C)C)no3)cc2)CC1. The fraction of sp³-hybridized carbons (Fsp3) is 0.375. The number of ether oxygens (including phenoxy) is 1. The lowest BCUT2D eigenvalue weighted by atomic mass is 10.1. The van der Waals surface area contributed by atoms with Crippen LogP contribution in [0.2, 0.25) is 0 Å². The molecule has 0 bridgehead atoms. The second kappa shape index (κ2) is 9.20. The molecule has 7 heteroatoms. The molecule has 3 aromatic rings. The third kappa shape index (κ3) is 4.87. The molecule has 1 aromatic heterocycles. The van der Waals surface area contributed by atoms with Gasteiger partial charge in [0.25, 0.3) is 11.8 Å².